The van der Waals surface area contributed by atoms with Gasteiger partial charge in [-0.15, -0.1) is 0 Å². The lowest BCUT2D eigenvalue weighted by molar-refractivity contribution is 0.136. The number of rotatable bonds is 2. The Labute approximate surface area is 158 Å². The van der Waals surface area contributed by atoms with E-state index in [0.717, 1.165) is 12.8 Å². The molecule has 0 aromatic carbocycles. The molecule has 5 nitrogen and oxygen atoms in total. The van der Waals surface area contributed by atoms with Gasteiger partial charge in [0.25, 0.3) is 0 Å². The number of hydrogen-bond donors (Lipinski definition) is 4. The monoisotopic (exact) mass is 370 g/mol. The summed E-state index contributed by atoms with van der Waals surface area (Å²) < 4.78 is 0. The highest BCUT2D eigenvalue weighted by Crippen LogP contribution is 2.33. The van der Waals surface area contributed by atoms with Crippen molar-refractivity contribution in [1.29, 1.82) is 0 Å². The number of allylic oxidation sites excluding steroid dienone is 4. The Morgan fingerprint density at radius 2 is 1.12 bits per heavy atom. The van der Waals surface area contributed by atoms with Crippen LogP contribution in [0.15, 0.2) is 23.3 Å². The molecule has 0 aromatic heterocycles. The van der Waals surface area contributed by atoms with E-state index in [-0.39, 0.29) is 0 Å². The molecule has 0 saturated carbocycles. The maximum Gasteiger partial charge on any atom is 0.503 e. The first-order chi connectivity index (χ1) is 12.0. The van der Waals surface area contributed by atoms with E-state index in [9.17, 15) is 0 Å². The summed E-state index contributed by atoms with van der Waals surface area (Å²) in [7, 11) is 0. The van der Waals surface area contributed by atoms with Crippen LogP contribution in [0.25, 0.3) is 0 Å². The molecule has 0 saturated heterocycles. The minimum absolute atomic E-state index is 0.339. The van der Waals surface area contributed by atoms with Crippen LogP contribution in [0.5, 0.6) is 0 Å². The Morgan fingerprint density at radius 1 is 0.846 bits per heavy atom. The average molecular weight is 371 g/mol. The van der Waals surface area contributed by atoms with Crippen molar-refractivity contribution in [3.8, 4) is 0 Å². The second-order valence-electron chi connectivity index (χ2n) is 8.08. The van der Waals surface area contributed by atoms with Crippen LogP contribution >= 0.6 is 0 Å². The van der Waals surface area contributed by atoms with Gasteiger partial charge in [0.1, 0.15) is 0 Å². The second kappa shape index (κ2) is 12.1. The fraction of sp³-hybridized carbons (Fsp3) is 0.762. The molecule has 0 radical (unpaired) electrons. The largest absolute Gasteiger partial charge is 0.503 e. The Balaban J connectivity index is 0.000000401. The Kier molecular flexibility index (Phi) is 11.5. The number of hydrogen-bond acceptors (Lipinski definition) is 3. The third kappa shape index (κ3) is 8.86. The van der Waals surface area contributed by atoms with E-state index in [1.807, 2.05) is 0 Å². The van der Waals surface area contributed by atoms with Crippen LogP contribution in [-0.2, 0) is 0 Å². The van der Waals surface area contributed by atoms with Crippen LogP contribution in [0.2, 0.25) is 0 Å². The maximum atomic E-state index is 9.09. The summed E-state index contributed by atoms with van der Waals surface area (Å²) >= 11 is 0. The molecule has 0 aromatic rings. The molecule has 5 heteroatoms. The first-order valence-corrected chi connectivity index (χ1v) is 9.51. The van der Waals surface area contributed by atoms with E-state index >= 15 is 0 Å². The zero-order valence-corrected chi connectivity index (χ0v) is 17.1. The van der Waals surface area contributed by atoms with Crippen molar-refractivity contribution in [3.63, 3.8) is 0 Å². The lowest BCUT2D eigenvalue weighted by Crippen LogP contribution is -2.26. The molecule has 6 atom stereocenters. The molecule has 6 unspecified atom stereocenters. The highest BCUT2D eigenvalue weighted by atomic mass is 16.6. The SMILES string of the molecule is CC1=CC(C)C(CO)C(C)C1.CC1=CC(C)C(CO)C(C)C1.O=C(O)O. The summed E-state index contributed by atoms with van der Waals surface area (Å²) in [5.74, 6) is 3.39. The smallest absolute Gasteiger partial charge is 0.450 e. The van der Waals surface area contributed by atoms with Crippen molar-refractivity contribution in [2.45, 2.75) is 54.4 Å². The quantitative estimate of drug-likeness (QED) is 0.530. The molecule has 0 amide bonds. The Bertz CT molecular complexity index is 441. The molecule has 152 valence electrons. The molecule has 26 heavy (non-hydrogen) atoms. The molecule has 0 aliphatic heterocycles. The molecule has 0 bridgehead atoms. The van der Waals surface area contributed by atoms with Crippen molar-refractivity contribution >= 4 is 6.16 Å². The third-order valence-corrected chi connectivity index (χ3v) is 5.62. The highest BCUT2D eigenvalue weighted by molar-refractivity contribution is 5.53. The third-order valence-electron chi connectivity index (χ3n) is 5.62. The molecule has 4 N–H and O–H groups in total. The Morgan fingerprint density at radius 3 is 1.31 bits per heavy atom. The summed E-state index contributed by atoms with van der Waals surface area (Å²) in [4.78, 5) is 8.56. The number of aliphatic hydroxyl groups excluding tert-OH is 2. The van der Waals surface area contributed by atoms with Crippen LogP contribution in [0.1, 0.15) is 54.4 Å². The number of aliphatic hydroxyl groups is 2. The van der Waals surface area contributed by atoms with E-state index in [1.165, 1.54) is 11.1 Å². The zero-order chi connectivity index (χ0) is 20.4. The lowest BCUT2D eigenvalue weighted by atomic mass is 9.75. The molecular weight excluding hydrogens is 332 g/mol. The maximum absolute atomic E-state index is 9.09. The van der Waals surface area contributed by atoms with Crippen molar-refractivity contribution in [1.82, 2.24) is 0 Å². The number of carboxylic acid groups (broad SMARTS) is 2. The van der Waals surface area contributed by atoms with Gasteiger partial charge in [0, 0.05) is 13.2 Å². The van der Waals surface area contributed by atoms with Gasteiger partial charge < -0.3 is 20.4 Å². The number of carbonyl (C=O) groups is 1. The van der Waals surface area contributed by atoms with Crippen molar-refractivity contribution in [3.05, 3.63) is 23.3 Å². The van der Waals surface area contributed by atoms with Crippen molar-refractivity contribution < 1.29 is 25.2 Å². The predicted octanol–water partition coefficient (Wildman–Crippen LogP) is 4.66. The van der Waals surface area contributed by atoms with Gasteiger partial charge in [-0.3, -0.25) is 0 Å². The van der Waals surface area contributed by atoms with Gasteiger partial charge in [-0.25, -0.2) is 4.79 Å². The standard InChI is InChI=1S/2C10H18O.CH2O3/c2*1-7-4-8(2)10(6-11)9(3)5-7;2-1(3)4/h2*4,8-11H,5-6H2,1-3H3;(H2,2,3,4). The van der Waals surface area contributed by atoms with Crippen LogP contribution < -0.4 is 0 Å². The summed E-state index contributed by atoms with van der Waals surface area (Å²) in [5.41, 5.74) is 2.96. The molecular formula is C21H38O5. The van der Waals surface area contributed by atoms with E-state index in [2.05, 4.69) is 53.7 Å². The van der Waals surface area contributed by atoms with E-state index in [1.54, 1.807) is 0 Å². The second-order valence-corrected chi connectivity index (χ2v) is 8.08. The fourth-order valence-corrected chi connectivity index (χ4v) is 4.33. The van der Waals surface area contributed by atoms with Gasteiger partial charge in [-0.2, -0.15) is 0 Å². The van der Waals surface area contributed by atoms with E-state index in [4.69, 9.17) is 25.2 Å². The first-order valence-electron chi connectivity index (χ1n) is 9.51. The van der Waals surface area contributed by atoms with E-state index < -0.39 is 6.16 Å². The van der Waals surface area contributed by atoms with Gasteiger partial charge in [0.15, 0.2) is 0 Å². The summed E-state index contributed by atoms with van der Waals surface area (Å²) in [5, 5.41) is 32.1. The molecule has 0 heterocycles. The van der Waals surface area contributed by atoms with Crippen LogP contribution in [0.3, 0.4) is 0 Å². The lowest BCUT2D eigenvalue weighted by Gasteiger charge is -2.31. The van der Waals surface area contributed by atoms with E-state index in [0.29, 0.717) is 48.7 Å². The predicted molar refractivity (Wildman–Crippen MR) is 105 cm³/mol. The topological polar surface area (TPSA) is 98.0 Å². The normalized spacial score (nSPS) is 33.5. The molecule has 0 fully saturated rings. The minimum Gasteiger partial charge on any atom is -0.450 e. The van der Waals surface area contributed by atoms with Gasteiger partial charge in [-0.1, -0.05) is 51.0 Å². The summed E-state index contributed by atoms with van der Waals surface area (Å²) in [6.45, 7) is 13.9. The van der Waals surface area contributed by atoms with Crippen LogP contribution in [0, 0.1) is 35.5 Å². The van der Waals surface area contributed by atoms with Crippen LogP contribution in [0.4, 0.5) is 4.79 Å². The average Bonchev–Trinajstić information content (AvgIpc) is 2.46. The zero-order valence-electron chi connectivity index (χ0n) is 17.1. The first kappa shape index (κ1) is 24.7. The Hall–Kier alpha value is -1.33. The molecule has 0 spiro atoms. The summed E-state index contributed by atoms with van der Waals surface area (Å²) in [6, 6.07) is 0. The molecule has 2 rings (SSSR count). The summed E-state index contributed by atoms with van der Waals surface area (Å²) in [6.07, 6.45) is 5.08. The van der Waals surface area contributed by atoms with Crippen LogP contribution in [-0.4, -0.2) is 39.8 Å². The molecule has 2 aliphatic rings. The van der Waals surface area contributed by atoms with Crippen molar-refractivity contribution in [2.75, 3.05) is 13.2 Å². The van der Waals surface area contributed by atoms with Gasteiger partial charge in [0.05, 0.1) is 0 Å². The fourth-order valence-electron chi connectivity index (χ4n) is 4.33. The van der Waals surface area contributed by atoms with Gasteiger partial charge >= 0.3 is 6.16 Å². The van der Waals surface area contributed by atoms with Crippen molar-refractivity contribution in [2.24, 2.45) is 35.5 Å². The van der Waals surface area contributed by atoms with Gasteiger partial charge in [-0.05, 0) is 62.2 Å². The highest BCUT2D eigenvalue weighted by Gasteiger charge is 2.26. The van der Waals surface area contributed by atoms with Gasteiger partial charge in [0.2, 0.25) is 0 Å². The molecule has 2 aliphatic carbocycles. The minimum atomic E-state index is -1.83.